The lowest BCUT2D eigenvalue weighted by Crippen LogP contribution is -2.42. The molecule has 0 saturated heterocycles. The summed E-state index contributed by atoms with van der Waals surface area (Å²) >= 11 is 1.63. The summed E-state index contributed by atoms with van der Waals surface area (Å²) in [7, 11) is 0. The number of para-hydroxylation sites is 3. The van der Waals surface area contributed by atoms with Gasteiger partial charge in [-0.15, -0.1) is 11.8 Å². The Balaban J connectivity index is 1.51. The first-order chi connectivity index (χ1) is 13.7. The molecule has 1 atom stereocenters. The van der Waals surface area contributed by atoms with E-state index < -0.39 is 0 Å². The molecule has 28 heavy (non-hydrogen) atoms. The SMILES string of the molecule is CCCN(CCC(=O)Nc1ccccc1SC)CC1COc2ccccc2O1. The van der Waals surface area contributed by atoms with Crippen molar-refractivity contribution >= 4 is 23.4 Å². The second-order valence-corrected chi connectivity index (χ2v) is 7.64. The summed E-state index contributed by atoms with van der Waals surface area (Å²) < 4.78 is 11.9. The highest BCUT2D eigenvalue weighted by Gasteiger charge is 2.23. The molecule has 1 N–H and O–H groups in total. The Morgan fingerprint density at radius 3 is 2.68 bits per heavy atom. The van der Waals surface area contributed by atoms with Crippen molar-refractivity contribution < 1.29 is 14.3 Å². The number of hydrogen-bond acceptors (Lipinski definition) is 5. The third-order valence-electron chi connectivity index (χ3n) is 4.61. The number of carbonyl (C=O) groups is 1. The number of nitrogens with one attached hydrogen (secondary N) is 1. The number of carbonyl (C=O) groups excluding carboxylic acids is 1. The van der Waals surface area contributed by atoms with Crippen molar-refractivity contribution in [3.8, 4) is 11.5 Å². The standard InChI is InChI=1S/C22H28N2O3S/c1-3-13-24(15-17-16-26-19-9-5-6-10-20(19)27-17)14-12-22(25)23-18-8-4-7-11-21(18)28-2/h4-11,17H,3,12-16H2,1-2H3,(H,23,25). The van der Waals surface area contributed by atoms with Gasteiger partial charge in [-0.3, -0.25) is 9.69 Å². The van der Waals surface area contributed by atoms with E-state index in [9.17, 15) is 4.79 Å². The highest BCUT2D eigenvalue weighted by Crippen LogP contribution is 2.31. The van der Waals surface area contributed by atoms with E-state index in [1.807, 2.05) is 54.8 Å². The van der Waals surface area contributed by atoms with Crippen molar-refractivity contribution in [1.82, 2.24) is 4.90 Å². The van der Waals surface area contributed by atoms with Gasteiger partial charge < -0.3 is 14.8 Å². The van der Waals surface area contributed by atoms with Crippen LogP contribution in [0, 0.1) is 0 Å². The van der Waals surface area contributed by atoms with Crippen LogP contribution >= 0.6 is 11.8 Å². The van der Waals surface area contributed by atoms with Gasteiger partial charge in [0.05, 0.1) is 5.69 Å². The molecule has 0 radical (unpaired) electrons. The lowest BCUT2D eigenvalue weighted by atomic mass is 10.2. The molecule has 0 fully saturated rings. The molecule has 2 aromatic carbocycles. The summed E-state index contributed by atoms with van der Waals surface area (Å²) in [6, 6.07) is 15.6. The van der Waals surface area contributed by atoms with Crippen LogP contribution in [-0.2, 0) is 4.79 Å². The van der Waals surface area contributed by atoms with Crippen LogP contribution < -0.4 is 14.8 Å². The molecule has 0 aliphatic carbocycles. The number of hydrogen-bond donors (Lipinski definition) is 1. The van der Waals surface area contributed by atoms with E-state index in [2.05, 4.69) is 17.1 Å². The van der Waals surface area contributed by atoms with E-state index in [-0.39, 0.29) is 12.0 Å². The molecule has 5 nitrogen and oxygen atoms in total. The topological polar surface area (TPSA) is 50.8 Å². The van der Waals surface area contributed by atoms with Crippen LogP contribution in [0.5, 0.6) is 11.5 Å². The molecule has 1 aliphatic rings. The van der Waals surface area contributed by atoms with Crippen molar-refractivity contribution in [2.45, 2.75) is 30.8 Å². The minimum atomic E-state index is -0.0262. The highest BCUT2D eigenvalue weighted by molar-refractivity contribution is 7.98. The predicted molar refractivity (Wildman–Crippen MR) is 115 cm³/mol. The van der Waals surface area contributed by atoms with Crippen molar-refractivity contribution in [2.24, 2.45) is 0 Å². The monoisotopic (exact) mass is 400 g/mol. The van der Waals surface area contributed by atoms with Gasteiger partial charge in [-0.05, 0) is 43.5 Å². The molecule has 0 aromatic heterocycles. The molecule has 0 bridgehead atoms. The van der Waals surface area contributed by atoms with Crippen LogP contribution in [0.2, 0.25) is 0 Å². The fourth-order valence-corrected chi connectivity index (χ4v) is 3.83. The second-order valence-electron chi connectivity index (χ2n) is 6.80. The number of fused-ring (bicyclic) bond motifs is 1. The average Bonchev–Trinajstić information content (AvgIpc) is 2.72. The summed E-state index contributed by atoms with van der Waals surface area (Å²) in [6.07, 6.45) is 3.47. The van der Waals surface area contributed by atoms with Crippen molar-refractivity contribution in [1.29, 1.82) is 0 Å². The summed E-state index contributed by atoms with van der Waals surface area (Å²) in [5.41, 5.74) is 0.877. The Bertz CT molecular complexity index is 784. The van der Waals surface area contributed by atoms with Gasteiger partial charge in [0.1, 0.15) is 12.7 Å². The molecule has 3 rings (SSSR count). The molecule has 1 heterocycles. The number of amides is 1. The van der Waals surface area contributed by atoms with Crippen LogP contribution in [0.3, 0.4) is 0 Å². The Labute approximate surface area is 171 Å². The number of rotatable bonds is 9. The third kappa shape index (κ3) is 5.66. The zero-order valence-electron chi connectivity index (χ0n) is 16.5. The lowest BCUT2D eigenvalue weighted by molar-refractivity contribution is -0.116. The molecule has 0 spiro atoms. The molecule has 1 amide bonds. The van der Waals surface area contributed by atoms with E-state index in [1.54, 1.807) is 11.8 Å². The third-order valence-corrected chi connectivity index (χ3v) is 5.40. The van der Waals surface area contributed by atoms with E-state index in [4.69, 9.17) is 9.47 Å². The number of benzene rings is 2. The molecule has 1 unspecified atom stereocenters. The van der Waals surface area contributed by atoms with Gasteiger partial charge in [0, 0.05) is 24.4 Å². The van der Waals surface area contributed by atoms with Gasteiger partial charge in [0.15, 0.2) is 11.5 Å². The van der Waals surface area contributed by atoms with Gasteiger partial charge in [-0.2, -0.15) is 0 Å². The molecular formula is C22H28N2O3S. The zero-order chi connectivity index (χ0) is 19.8. The van der Waals surface area contributed by atoms with Gasteiger partial charge in [-0.25, -0.2) is 0 Å². The van der Waals surface area contributed by atoms with Gasteiger partial charge >= 0.3 is 0 Å². The van der Waals surface area contributed by atoms with Gasteiger partial charge in [0.25, 0.3) is 0 Å². The van der Waals surface area contributed by atoms with Gasteiger partial charge in [0.2, 0.25) is 5.91 Å². The highest BCUT2D eigenvalue weighted by atomic mass is 32.2. The fourth-order valence-electron chi connectivity index (χ4n) is 3.27. The Kier molecular flexibility index (Phi) is 7.62. The minimum Gasteiger partial charge on any atom is -0.486 e. The largest absolute Gasteiger partial charge is 0.486 e. The first kappa shape index (κ1) is 20.6. The maximum Gasteiger partial charge on any atom is 0.225 e. The molecule has 6 heteroatoms. The fraction of sp³-hybridized carbons (Fsp3) is 0.409. The molecule has 2 aromatic rings. The Morgan fingerprint density at radius 1 is 1.14 bits per heavy atom. The van der Waals surface area contributed by atoms with Crippen molar-refractivity contribution in [3.05, 3.63) is 48.5 Å². The van der Waals surface area contributed by atoms with E-state index in [1.165, 1.54) is 0 Å². The van der Waals surface area contributed by atoms with E-state index in [0.717, 1.165) is 41.6 Å². The maximum absolute atomic E-state index is 12.4. The van der Waals surface area contributed by atoms with Crippen LogP contribution in [0.4, 0.5) is 5.69 Å². The summed E-state index contributed by atoms with van der Waals surface area (Å²) in [5.74, 6) is 1.63. The lowest BCUT2D eigenvalue weighted by Gasteiger charge is -2.31. The Hall–Kier alpha value is -2.18. The van der Waals surface area contributed by atoms with Crippen LogP contribution in [0.1, 0.15) is 19.8 Å². The minimum absolute atomic E-state index is 0.0262. The average molecular weight is 401 g/mol. The molecule has 1 aliphatic heterocycles. The van der Waals surface area contributed by atoms with Crippen LogP contribution in [0.25, 0.3) is 0 Å². The van der Waals surface area contributed by atoms with Crippen molar-refractivity contribution in [2.75, 3.05) is 37.8 Å². The smallest absolute Gasteiger partial charge is 0.225 e. The second kappa shape index (κ2) is 10.4. The van der Waals surface area contributed by atoms with Gasteiger partial charge in [-0.1, -0.05) is 31.2 Å². The zero-order valence-corrected chi connectivity index (χ0v) is 17.3. The first-order valence-electron chi connectivity index (χ1n) is 9.73. The Morgan fingerprint density at radius 2 is 1.89 bits per heavy atom. The predicted octanol–water partition coefficient (Wildman–Crippen LogP) is 4.29. The summed E-state index contributed by atoms with van der Waals surface area (Å²) in [5, 5.41) is 3.03. The van der Waals surface area contributed by atoms with E-state index in [0.29, 0.717) is 19.6 Å². The van der Waals surface area contributed by atoms with Crippen LogP contribution in [0.15, 0.2) is 53.4 Å². The molecular weight excluding hydrogens is 372 g/mol. The van der Waals surface area contributed by atoms with E-state index >= 15 is 0 Å². The summed E-state index contributed by atoms with van der Waals surface area (Å²) in [4.78, 5) is 15.8. The number of ether oxygens (including phenoxy) is 2. The number of anilines is 1. The van der Waals surface area contributed by atoms with Crippen LogP contribution in [-0.4, -0.2) is 49.4 Å². The summed E-state index contributed by atoms with van der Waals surface area (Å²) in [6.45, 7) is 5.05. The normalized spacial score (nSPS) is 15.5. The quantitative estimate of drug-likeness (QED) is 0.637. The first-order valence-corrected chi connectivity index (χ1v) is 11.0. The number of thioether (sulfide) groups is 1. The van der Waals surface area contributed by atoms with Crippen molar-refractivity contribution in [3.63, 3.8) is 0 Å². The number of nitrogens with zero attached hydrogens (tertiary/aromatic N) is 1. The molecule has 0 saturated carbocycles. The maximum atomic E-state index is 12.4. The molecule has 150 valence electrons.